The molecule has 0 radical (unpaired) electrons. The fourth-order valence-corrected chi connectivity index (χ4v) is 2.69. The van der Waals surface area contributed by atoms with Crippen molar-refractivity contribution in [2.75, 3.05) is 28.4 Å². The van der Waals surface area contributed by atoms with Gasteiger partial charge in [-0.25, -0.2) is 0 Å². The molecule has 6 heteroatoms. The second kappa shape index (κ2) is 9.71. The van der Waals surface area contributed by atoms with Gasteiger partial charge >= 0.3 is 5.97 Å². The van der Waals surface area contributed by atoms with E-state index in [1.165, 1.54) is 14.2 Å². The van der Waals surface area contributed by atoms with E-state index in [2.05, 4.69) is 0 Å². The first kappa shape index (κ1) is 20.4. The van der Waals surface area contributed by atoms with Gasteiger partial charge in [0.1, 0.15) is 0 Å². The molecule has 0 unspecified atom stereocenters. The topological polar surface area (TPSA) is 63.2 Å². The van der Waals surface area contributed by atoms with Crippen LogP contribution < -0.4 is 23.7 Å². The summed E-state index contributed by atoms with van der Waals surface area (Å²) < 4.78 is 26.8. The number of carbonyl (C=O) groups is 1. The van der Waals surface area contributed by atoms with E-state index >= 15 is 0 Å². The molecule has 0 N–H and O–H groups in total. The predicted molar refractivity (Wildman–Crippen MR) is 102 cm³/mol. The first-order valence-corrected chi connectivity index (χ1v) is 8.72. The molecule has 27 heavy (non-hydrogen) atoms. The molecule has 2 rings (SSSR count). The third-order valence-electron chi connectivity index (χ3n) is 4.18. The van der Waals surface area contributed by atoms with Gasteiger partial charge in [0.25, 0.3) is 0 Å². The highest BCUT2D eigenvalue weighted by Crippen LogP contribution is 2.39. The molecule has 146 valence electrons. The highest BCUT2D eigenvalue weighted by molar-refractivity contribution is 5.74. The van der Waals surface area contributed by atoms with Crippen LogP contribution >= 0.6 is 0 Å². The fraction of sp³-hybridized carbons (Fsp3) is 0.381. The van der Waals surface area contributed by atoms with Crippen LogP contribution in [-0.4, -0.2) is 34.4 Å². The van der Waals surface area contributed by atoms with Crippen LogP contribution in [0, 0.1) is 0 Å². The van der Waals surface area contributed by atoms with E-state index in [0.29, 0.717) is 28.7 Å². The zero-order valence-electron chi connectivity index (χ0n) is 16.5. The number of carbonyl (C=O) groups excluding carboxylic acids is 1. The van der Waals surface area contributed by atoms with Crippen LogP contribution in [0.25, 0.3) is 0 Å². The molecule has 0 aromatic heterocycles. The van der Waals surface area contributed by atoms with Crippen LogP contribution in [0.4, 0.5) is 0 Å². The Morgan fingerprint density at radius 1 is 0.741 bits per heavy atom. The average Bonchev–Trinajstić information content (AvgIpc) is 2.71. The number of esters is 1. The van der Waals surface area contributed by atoms with E-state index in [4.69, 9.17) is 23.7 Å². The van der Waals surface area contributed by atoms with Gasteiger partial charge in [0, 0.05) is 6.42 Å². The maximum atomic E-state index is 11.7. The van der Waals surface area contributed by atoms with Crippen LogP contribution in [0.3, 0.4) is 0 Å². The quantitative estimate of drug-likeness (QED) is 0.491. The van der Waals surface area contributed by atoms with Crippen molar-refractivity contribution in [2.45, 2.75) is 26.2 Å². The zero-order chi connectivity index (χ0) is 19.8. The summed E-state index contributed by atoms with van der Waals surface area (Å²) in [6.45, 7) is 1.73. The molecule has 2 aromatic rings. The molecule has 0 spiro atoms. The van der Waals surface area contributed by atoms with Crippen LogP contribution in [0.1, 0.15) is 24.5 Å². The molecule has 0 atom stereocenters. The highest BCUT2D eigenvalue weighted by Gasteiger charge is 2.17. The number of ether oxygens (including phenoxy) is 5. The molecule has 0 heterocycles. The zero-order valence-corrected chi connectivity index (χ0v) is 16.5. The summed E-state index contributed by atoms with van der Waals surface area (Å²) >= 11 is 0. The van der Waals surface area contributed by atoms with Crippen molar-refractivity contribution >= 4 is 5.97 Å². The molecule has 6 nitrogen and oxygen atoms in total. The standard InChI is InChI=1S/C21H26O6/c1-6-20(22)27-21-18(25-4)12-15(13-19(21)26-5)8-7-14-9-10-16(23-2)17(11-14)24-3/h9-13H,6-8H2,1-5H3. The van der Waals surface area contributed by atoms with Gasteiger partial charge in [0.2, 0.25) is 5.75 Å². The van der Waals surface area contributed by atoms with Crippen LogP contribution in [0.5, 0.6) is 28.7 Å². The highest BCUT2D eigenvalue weighted by atomic mass is 16.6. The smallest absolute Gasteiger partial charge is 0.311 e. The minimum Gasteiger partial charge on any atom is -0.493 e. The van der Waals surface area contributed by atoms with Crippen LogP contribution in [-0.2, 0) is 17.6 Å². The number of aryl methyl sites for hydroxylation is 2. The summed E-state index contributed by atoms with van der Waals surface area (Å²) in [6, 6.07) is 9.59. The molecule has 0 saturated carbocycles. The Morgan fingerprint density at radius 2 is 1.26 bits per heavy atom. The molecule has 0 fully saturated rings. The molecule has 0 amide bonds. The molecular formula is C21H26O6. The van der Waals surface area contributed by atoms with Crippen molar-refractivity contribution < 1.29 is 28.5 Å². The summed E-state index contributed by atoms with van der Waals surface area (Å²) in [5.74, 6) is 2.31. The Bertz CT molecular complexity index is 759. The van der Waals surface area contributed by atoms with E-state index in [1.54, 1.807) is 21.1 Å². The summed E-state index contributed by atoms with van der Waals surface area (Å²) in [5, 5.41) is 0. The van der Waals surface area contributed by atoms with Gasteiger partial charge in [-0.05, 0) is 48.2 Å². The Kier molecular flexibility index (Phi) is 7.34. The van der Waals surface area contributed by atoms with E-state index in [-0.39, 0.29) is 12.4 Å². The normalized spacial score (nSPS) is 10.3. The monoisotopic (exact) mass is 374 g/mol. The second-order valence-corrected chi connectivity index (χ2v) is 5.85. The number of benzene rings is 2. The third kappa shape index (κ3) is 5.06. The van der Waals surface area contributed by atoms with Crippen molar-refractivity contribution in [3.05, 3.63) is 41.5 Å². The average molecular weight is 374 g/mol. The maximum absolute atomic E-state index is 11.7. The number of rotatable bonds is 9. The van der Waals surface area contributed by atoms with Crippen molar-refractivity contribution in [3.63, 3.8) is 0 Å². The molecule has 0 aliphatic carbocycles. The van der Waals surface area contributed by atoms with Crippen molar-refractivity contribution in [3.8, 4) is 28.7 Å². The number of hydrogen-bond acceptors (Lipinski definition) is 6. The largest absolute Gasteiger partial charge is 0.493 e. The minimum atomic E-state index is -0.343. The Labute approximate surface area is 160 Å². The van der Waals surface area contributed by atoms with Crippen molar-refractivity contribution in [2.24, 2.45) is 0 Å². The lowest BCUT2D eigenvalue weighted by Crippen LogP contribution is -2.08. The van der Waals surface area contributed by atoms with Crippen molar-refractivity contribution in [1.82, 2.24) is 0 Å². The Morgan fingerprint density at radius 3 is 1.78 bits per heavy atom. The van der Waals surface area contributed by atoms with Crippen molar-refractivity contribution in [1.29, 1.82) is 0 Å². The lowest BCUT2D eigenvalue weighted by molar-refractivity contribution is -0.134. The molecule has 0 bridgehead atoms. The third-order valence-corrected chi connectivity index (χ3v) is 4.18. The number of hydrogen-bond donors (Lipinski definition) is 0. The molecule has 0 saturated heterocycles. The van der Waals surface area contributed by atoms with Gasteiger partial charge in [0.05, 0.1) is 28.4 Å². The Hall–Kier alpha value is -2.89. The minimum absolute atomic E-state index is 0.271. The van der Waals surface area contributed by atoms with Gasteiger partial charge in [-0.3, -0.25) is 4.79 Å². The molecule has 0 aliphatic heterocycles. The van der Waals surface area contributed by atoms with E-state index in [0.717, 1.165) is 24.0 Å². The van der Waals surface area contributed by atoms with Gasteiger partial charge in [-0.2, -0.15) is 0 Å². The SMILES string of the molecule is CCC(=O)Oc1c(OC)cc(CCc2ccc(OC)c(OC)c2)cc1OC. The van der Waals surface area contributed by atoms with Crippen LogP contribution in [0.15, 0.2) is 30.3 Å². The van der Waals surface area contributed by atoms with Gasteiger partial charge in [-0.15, -0.1) is 0 Å². The molecule has 0 aliphatic rings. The fourth-order valence-electron chi connectivity index (χ4n) is 2.69. The number of methoxy groups -OCH3 is 4. The first-order valence-electron chi connectivity index (χ1n) is 8.72. The van der Waals surface area contributed by atoms with E-state index < -0.39 is 0 Å². The lowest BCUT2D eigenvalue weighted by Gasteiger charge is -2.15. The molecular weight excluding hydrogens is 348 g/mol. The second-order valence-electron chi connectivity index (χ2n) is 5.85. The van der Waals surface area contributed by atoms with E-state index in [1.807, 2.05) is 30.3 Å². The first-order chi connectivity index (χ1) is 13.1. The van der Waals surface area contributed by atoms with Gasteiger partial charge in [-0.1, -0.05) is 13.0 Å². The summed E-state index contributed by atoms with van der Waals surface area (Å²) in [5.41, 5.74) is 2.13. The van der Waals surface area contributed by atoms with Gasteiger partial charge < -0.3 is 23.7 Å². The lowest BCUT2D eigenvalue weighted by atomic mass is 10.0. The molecule has 2 aromatic carbocycles. The summed E-state index contributed by atoms with van der Waals surface area (Å²) in [7, 11) is 6.31. The predicted octanol–water partition coefficient (Wildman–Crippen LogP) is 3.82. The maximum Gasteiger partial charge on any atom is 0.311 e. The van der Waals surface area contributed by atoms with Crippen LogP contribution in [0.2, 0.25) is 0 Å². The van der Waals surface area contributed by atoms with Gasteiger partial charge in [0.15, 0.2) is 23.0 Å². The Balaban J connectivity index is 2.22. The summed E-state index contributed by atoms with van der Waals surface area (Å²) in [6.07, 6.45) is 1.82. The van der Waals surface area contributed by atoms with E-state index in [9.17, 15) is 4.79 Å². The summed E-state index contributed by atoms with van der Waals surface area (Å²) in [4.78, 5) is 11.7.